The van der Waals surface area contributed by atoms with Crippen molar-refractivity contribution in [2.24, 2.45) is 17.8 Å². The van der Waals surface area contributed by atoms with Crippen LogP contribution in [0.2, 0.25) is 0 Å². The monoisotopic (exact) mass is 269 g/mol. The zero-order chi connectivity index (χ0) is 13.5. The van der Waals surface area contributed by atoms with Crippen molar-refractivity contribution < 1.29 is 14.6 Å². The van der Waals surface area contributed by atoms with E-state index in [0.717, 1.165) is 70.6 Å². The van der Waals surface area contributed by atoms with Crippen LogP contribution in [0.4, 0.5) is 0 Å². The molecule has 0 aromatic carbocycles. The molecule has 2 N–H and O–H groups in total. The lowest BCUT2D eigenvalue weighted by Gasteiger charge is -2.27. The maximum atomic E-state index is 12.0. The summed E-state index contributed by atoms with van der Waals surface area (Å²) in [4.78, 5) is 12.0. The summed E-state index contributed by atoms with van der Waals surface area (Å²) >= 11 is 0. The Balaban J connectivity index is 1.59. The highest BCUT2D eigenvalue weighted by Crippen LogP contribution is 2.28. The molecule has 110 valence electrons. The molecule has 1 aliphatic carbocycles. The number of ether oxygens (including phenoxy) is 1. The molecule has 1 saturated carbocycles. The van der Waals surface area contributed by atoms with Crippen LogP contribution in [0.1, 0.15) is 44.9 Å². The van der Waals surface area contributed by atoms with Crippen LogP contribution in [0, 0.1) is 17.8 Å². The van der Waals surface area contributed by atoms with Crippen LogP contribution in [0.3, 0.4) is 0 Å². The van der Waals surface area contributed by atoms with Crippen LogP contribution in [0.25, 0.3) is 0 Å². The smallest absolute Gasteiger partial charge is 0.223 e. The summed E-state index contributed by atoms with van der Waals surface area (Å²) in [7, 11) is 0. The van der Waals surface area contributed by atoms with E-state index in [9.17, 15) is 4.79 Å². The van der Waals surface area contributed by atoms with Crippen molar-refractivity contribution in [2.45, 2.75) is 44.9 Å². The van der Waals surface area contributed by atoms with Gasteiger partial charge in [-0.2, -0.15) is 0 Å². The van der Waals surface area contributed by atoms with E-state index in [4.69, 9.17) is 9.84 Å². The van der Waals surface area contributed by atoms with Crippen molar-refractivity contribution in [3.8, 4) is 0 Å². The van der Waals surface area contributed by atoms with E-state index in [0.29, 0.717) is 5.92 Å². The highest BCUT2D eigenvalue weighted by molar-refractivity contribution is 5.78. The third-order valence-electron chi connectivity index (χ3n) is 4.67. The first-order valence-electron chi connectivity index (χ1n) is 7.76. The third-order valence-corrected chi connectivity index (χ3v) is 4.67. The Bertz CT molecular complexity index is 269. The lowest BCUT2D eigenvalue weighted by Crippen LogP contribution is -2.35. The maximum absolute atomic E-state index is 12.0. The van der Waals surface area contributed by atoms with Crippen LogP contribution in [0.5, 0.6) is 0 Å². The summed E-state index contributed by atoms with van der Waals surface area (Å²) < 4.78 is 5.34. The number of hydrogen-bond acceptors (Lipinski definition) is 3. The molecule has 19 heavy (non-hydrogen) atoms. The van der Waals surface area contributed by atoms with E-state index >= 15 is 0 Å². The number of amides is 1. The SMILES string of the molecule is O=C(NCCC1CCOCC1)C1CCC(CO)CC1. The van der Waals surface area contributed by atoms with Gasteiger partial charge in [0.2, 0.25) is 5.91 Å². The van der Waals surface area contributed by atoms with E-state index in [1.165, 1.54) is 0 Å². The summed E-state index contributed by atoms with van der Waals surface area (Å²) in [5, 5.41) is 12.2. The van der Waals surface area contributed by atoms with E-state index in [1.54, 1.807) is 0 Å². The second-order valence-electron chi connectivity index (χ2n) is 6.04. The minimum atomic E-state index is 0.178. The van der Waals surface area contributed by atoms with Gasteiger partial charge in [-0.3, -0.25) is 4.79 Å². The van der Waals surface area contributed by atoms with Crippen LogP contribution >= 0.6 is 0 Å². The number of rotatable bonds is 5. The van der Waals surface area contributed by atoms with Crippen molar-refractivity contribution in [3.05, 3.63) is 0 Å². The van der Waals surface area contributed by atoms with Crippen LogP contribution in [-0.2, 0) is 9.53 Å². The number of hydrogen-bond donors (Lipinski definition) is 2. The molecule has 1 aliphatic heterocycles. The number of nitrogens with one attached hydrogen (secondary N) is 1. The molecule has 1 saturated heterocycles. The van der Waals surface area contributed by atoms with Crippen LogP contribution < -0.4 is 5.32 Å². The molecule has 0 bridgehead atoms. The first kappa shape index (κ1) is 14.8. The number of aliphatic hydroxyl groups is 1. The number of carbonyl (C=O) groups is 1. The molecular formula is C15H27NO3. The summed E-state index contributed by atoms with van der Waals surface area (Å²) in [6, 6.07) is 0. The van der Waals surface area contributed by atoms with E-state index < -0.39 is 0 Å². The van der Waals surface area contributed by atoms with Gasteiger partial charge < -0.3 is 15.2 Å². The summed E-state index contributed by atoms with van der Waals surface area (Å²) in [5.41, 5.74) is 0. The van der Waals surface area contributed by atoms with Gasteiger partial charge in [-0.1, -0.05) is 0 Å². The first-order chi connectivity index (χ1) is 9.29. The average Bonchev–Trinajstić information content (AvgIpc) is 2.48. The lowest BCUT2D eigenvalue weighted by atomic mass is 9.82. The molecule has 1 amide bonds. The van der Waals surface area contributed by atoms with E-state index in [-0.39, 0.29) is 18.4 Å². The second-order valence-corrected chi connectivity index (χ2v) is 6.04. The first-order valence-corrected chi connectivity index (χ1v) is 7.76. The maximum Gasteiger partial charge on any atom is 0.223 e. The highest BCUT2D eigenvalue weighted by Gasteiger charge is 2.25. The Hall–Kier alpha value is -0.610. The Labute approximate surface area is 115 Å². The molecule has 0 unspecified atom stereocenters. The van der Waals surface area contributed by atoms with Crippen molar-refractivity contribution in [2.75, 3.05) is 26.4 Å². The molecule has 0 aromatic rings. The molecular weight excluding hydrogens is 242 g/mol. The molecule has 0 spiro atoms. The van der Waals surface area contributed by atoms with Crippen molar-refractivity contribution >= 4 is 5.91 Å². The van der Waals surface area contributed by atoms with Gasteiger partial charge in [0.1, 0.15) is 0 Å². The molecule has 1 heterocycles. The summed E-state index contributed by atoms with van der Waals surface area (Å²) in [6.07, 6.45) is 7.22. The van der Waals surface area contributed by atoms with Gasteiger partial charge in [-0.25, -0.2) is 0 Å². The van der Waals surface area contributed by atoms with Gasteiger partial charge in [0.05, 0.1) is 0 Å². The summed E-state index contributed by atoms with van der Waals surface area (Å²) in [6.45, 7) is 2.84. The van der Waals surface area contributed by atoms with Gasteiger partial charge in [0, 0.05) is 32.3 Å². The predicted octanol–water partition coefficient (Wildman–Crippen LogP) is 1.72. The minimum absolute atomic E-state index is 0.178. The topological polar surface area (TPSA) is 58.6 Å². The zero-order valence-electron chi connectivity index (χ0n) is 11.8. The molecule has 0 aromatic heterocycles. The van der Waals surface area contributed by atoms with Crippen molar-refractivity contribution in [3.63, 3.8) is 0 Å². The Morgan fingerprint density at radius 1 is 1.05 bits per heavy atom. The number of aliphatic hydroxyl groups excluding tert-OH is 1. The molecule has 0 radical (unpaired) electrons. The van der Waals surface area contributed by atoms with Crippen LogP contribution in [-0.4, -0.2) is 37.4 Å². The van der Waals surface area contributed by atoms with Gasteiger partial charge in [-0.15, -0.1) is 0 Å². The molecule has 2 fully saturated rings. The predicted molar refractivity (Wildman–Crippen MR) is 73.7 cm³/mol. The van der Waals surface area contributed by atoms with Gasteiger partial charge in [0.25, 0.3) is 0 Å². The standard InChI is InChI=1S/C15H27NO3/c17-11-13-1-3-14(4-2-13)15(18)16-8-5-12-6-9-19-10-7-12/h12-14,17H,1-11H2,(H,16,18). The molecule has 2 rings (SSSR count). The Morgan fingerprint density at radius 3 is 2.37 bits per heavy atom. The normalized spacial score (nSPS) is 29.1. The fraction of sp³-hybridized carbons (Fsp3) is 0.933. The third kappa shape index (κ3) is 4.77. The zero-order valence-corrected chi connectivity index (χ0v) is 11.8. The molecule has 4 nitrogen and oxygen atoms in total. The van der Waals surface area contributed by atoms with E-state index in [2.05, 4.69) is 5.32 Å². The van der Waals surface area contributed by atoms with Gasteiger partial charge in [-0.05, 0) is 56.8 Å². The van der Waals surface area contributed by atoms with Gasteiger partial charge >= 0.3 is 0 Å². The Kier molecular flexibility index (Phi) is 6.11. The van der Waals surface area contributed by atoms with E-state index in [1.807, 2.05) is 0 Å². The molecule has 4 heteroatoms. The highest BCUT2D eigenvalue weighted by atomic mass is 16.5. The largest absolute Gasteiger partial charge is 0.396 e. The van der Waals surface area contributed by atoms with Crippen molar-refractivity contribution in [1.29, 1.82) is 0 Å². The summed E-state index contributed by atoms with van der Waals surface area (Å²) in [5.74, 6) is 1.55. The fourth-order valence-electron chi connectivity index (χ4n) is 3.19. The average molecular weight is 269 g/mol. The second kappa shape index (κ2) is 7.85. The molecule has 2 aliphatic rings. The van der Waals surface area contributed by atoms with Crippen molar-refractivity contribution in [1.82, 2.24) is 5.32 Å². The fourth-order valence-corrected chi connectivity index (χ4v) is 3.19. The minimum Gasteiger partial charge on any atom is -0.396 e. The molecule has 0 atom stereocenters. The number of carbonyl (C=O) groups excluding carboxylic acids is 1. The lowest BCUT2D eigenvalue weighted by molar-refractivity contribution is -0.126. The van der Waals surface area contributed by atoms with Gasteiger partial charge in [0.15, 0.2) is 0 Å². The quantitative estimate of drug-likeness (QED) is 0.799. The Morgan fingerprint density at radius 2 is 1.74 bits per heavy atom. The van der Waals surface area contributed by atoms with Crippen LogP contribution in [0.15, 0.2) is 0 Å².